The van der Waals surface area contributed by atoms with Crippen LogP contribution in [0.1, 0.15) is 42.0 Å². The van der Waals surface area contributed by atoms with Crippen LogP contribution in [0.15, 0.2) is 11.7 Å². The van der Waals surface area contributed by atoms with Crippen LogP contribution < -0.4 is 0 Å². The highest BCUT2D eigenvalue weighted by Gasteiger charge is 2.23. The van der Waals surface area contributed by atoms with E-state index >= 15 is 0 Å². The Labute approximate surface area is 115 Å². The maximum Gasteiger partial charge on any atom is 0.132 e. The van der Waals surface area contributed by atoms with Gasteiger partial charge in [-0.3, -0.25) is 9.67 Å². The van der Waals surface area contributed by atoms with Gasteiger partial charge < -0.3 is 5.11 Å². The lowest BCUT2D eigenvalue weighted by molar-refractivity contribution is 0.178. The maximum atomic E-state index is 10.4. The van der Waals surface area contributed by atoms with E-state index in [0.29, 0.717) is 11.6 Å². The summed E-state index contributed by atoms with van der Waals surface area (Å²) in [5, 5.41) is 15.2. The van der Waals surface area contributed by atoms with Crippen molar-refractivity contribution in [2.75, 3.05) is 0 Å². The second-order valence-electron chi connectivity index (χ2n) is 4.56. The molecule has 2 rings (SSSR count). The number of thiazole rings is 1. The van der Waals surface area contributed by atoms with E-state index in [1.807, 2.05) is 13.8 Å². The Morgan fingerprint density at radius 1 is 1.50 bits per heavy atom. The molecule has 6 heteroatoms. The molecule has 2 heterocycles. The summed E-state index contributed by atoms with van der Waals surface area (Å²) in [7, 11) is 1.79. The van der Waals surface area contributed by atoms with Crippen LogP contribution in [0.2, 0.25) is 5.15 Å². The van der Waals surface area contributed by atoms with E-state index in [2.05, 4.69) is 10.1 Å². The van der Waals surface area contributed by atoms with Gasteiger partial charge in [-0.15, -0.1) is 11.3 Å². The highest BCUT2D eigenvalue weighted by Crippen LogP contribution is 2.32. The van der Waals surface area contributed by atoms with Crippen molar-refractivity contribution in [3.63, 3.8) is 0 Å². The van der Waals surface area contributed by atoms with Crippen LogP contribution in [0.5, 0.6) is 0 Å². The topological polar surface area (TPSA) is 50.9 Å². The predicted octanol–water partition coefficient (Wildman–Crippen LogP) is 2.93. The second-order valence-corrected chi connectivity index (χ2v) is 5.88. The van der Waals surface area contributed by atoms with Crippen LogP contribution in [0, 0.1) is 0 Å². The Kier molecular flexibility index (Phi) is 4.04. The van der Waals surface area contributed by atoms with Crippen molar-refractivity contribution < 1.29 is 5.11 Å². The van der Waals surface area contributed by atoms with Crippen molar-refractivity contribution in [2.24, 2.45) is 7.05 Å². The molecular weight excluding hydrogens is 270 g/mol. The van der Waals surface area contributed by atoms with E-state index < -0.39 is 6.10 Å². The van der Waals surface area contributed by atoms with Crippen LogP contribution in [0.3, 0.4) is 0 Å². The molecule has 98 valence electrons. The Balaban J connectivity index is 2.31. The molecule has 0 aliphatic rings. The SMILES string of the molecule is CC(C)c1nn(C)c(Cl)c1C(O)Cc1cncs1. The van der Waals surface area contributed by atoms with Crippen molar-refractivity contribution in [3.8, 4) is 0 Å². The lowest BCUT2D eigenvalue weighted by Gasteiger charge is -2.12. The molecule has 18 heavy (non-hydrogen) atoms. The van der Waals surface area contributed by atoms with E-state index in [1.165, 1.54) is 11.3 Å². The molecule has 0 aliphatic carbocycles. The molecule has 0 aliphatic heterocycles. The van der Waals surface area contributed by atoms with Crippen LogP contribution in [-0.4, -0.2) is 19.9 Å². The third-order valence-corrected chi connectivity index (χ3v) is 4.05. The second kappa shape index (κ2) is 5.38. The maximum absolute atomic E-state index is 10.4. The minimum Gasteiger partial charge on any atom is -0.388 e. The molecule has 0 bridgehead atoms. The Morgan fingerprint density at radius 3 is 2.78 bits per heavy atom. The predicted molar refractivity (Wildman–Crippen MR) is 73.1 cm³/mol. The Hall–Kier alpha value is -0.910. The number of nitrogens with zero attached hydrogens (tertiary/aromatic N) is 3. The average molecular weight is 286 g/mol. The number of aliphatic hydroxyl groups excluding tert-OH is 1. The smallest absolute Gasteiger partial charge is 0.132 e. The zero-order valence-electron chi connectivity index (χ0n) is 10.6. The van der Waals surface area contributed by atoms with Crippen LogP contribution >= 0.6 is 22.9 Å². The van der Waals surface area contributed by atoms with Crippen molar-refractivity contribution in [1.29, 1.82) is 0 Å². The number of aromatic nitrogens is 3. The van der Waals surface area contributed by atoms with E-state index in [0.717, 1.165) is 16.1 Å². The van der Waals surface area contributed by atoms with Gasteiger partial charge in [0, 0.05) is 30.1 Å². The summed E-state index contributed by atoms with van der Waals surface area (Å²) in [5.41, 5.74) is 3.36. The standard InChI is InChI=1S/C12H16ClN3OS/c1-7(2)11-10(12(13)16(3)15-11)9(17)4-8-5-14-6-18-8/h5-7,9,17H,4H2,1-3H3. The average Bonchev–Trinajstić information content (AvgIpc) is 2.88. The molecule has 4 nitrogen and oxygen atoms in total. The lowest BCUT2D eigenvalue weighted by atomic mass is 10.0. The van der Waals surface area contributed by atoms with Crippen molar-refractivity contribution in [2.45, 2.75) is 32.3 Å². The molecule has 0 radical (unpaired) electrons. The first kappa shape index (κ1) is 13.5. The Morgan fingerprint density at radius 2 is 2.22 bits per heavy atom. The fraction of sp³-hybridized carbons (Fsp3) is 0.500. The van der Waals surface area contributed by atoms with Gasteiger partial charge in [-0.1, -0.05) is 25.4 Å². The van der Waals surface area contributed by atoms with Gasteiger partial charge in [0.15, 0.2) is 0 Å². The van der Waals surface area contributed by atoms with E-state index in [-0.39, 0.29) is 5.92 Å². The first-order chi connectivity index (χ1) is 8.50. The summed E-state index contributed by atoms with van der Waals surface area (Å²) in [4.78, 5) is 5.05. The Bertz CT molecular complexity index is 522. The van der Waals surface area contributed by atoms with Crippen molar-refractivity contribution in [1.82, 2.24) is 14.8 Å². The van der Waals surface area contributed by atoms with Crippen LogP contribution in [0.4, 0.5) is 0 Å². The molecule has 0 saturated carbocycles. The van der Waals surface area contributed by atoms with Crippen molar-refractivity contribution >= 4 is 22.9 Å². The highest BCUT2D eigenvalue weighted by molar-refractivity contribution is 7.09. The third kappa shape index (κ3) is 2.58. The fourth-order valence-corrected chi connectivity index (χ4v) is 2.80. The first-order valence-electron chi connectivity index (χ1n) is 5.78. The largest absolute Gasteiger partial charge is 0.388 e. The fourth-order valence-electron chi connectivity index (χ4n) is 1.91. The van der Waals surface area contributed by atoms with E-state index in [4.69, 9.17) is 11.6 Å². The van der Waals surface area contributed by atoms with E-state index in [9.17, 15) is 5.11 Å². The molecule has 2 aromatic heterocycles. The van der Waals surface area contributed by atoms with Gasteiger partial charge in [0.2, 0.25) is 0 Å². The minimum atomic E-state index is -0.635. The molecule has 0 saturated heterocycles. The minimum absolute atomic E-state index is 0.231. The molecule has 2 aromatic rings. The number of halogens is 1. The quantitative estimate of drug-likeness (QED) is 0.940. The molecule has 1 unspecified atom stereocenters. The molecular formula is C12H16ClN3OS. The van der Waals surface area contributed by atoms with Gasteiger partial charge in [0.05, 0.1) is 17.3 Å². The van der Waals surface area contributed by atoms with Gasteiger partial charge in [-0.05, 0) is 5.92 Å². The molecule has 0 amide bonds. The number of hydrogen-bond acceptors (Lipinski definition) is 4. The normalized spacial score (nSPS) is 13.2. The molecule has 1 N–H and O–H groups in total. The zero-order chi connectivity index (χ0) is 13.3. The van der Waals surface area contributed by atoms with Gasteiger partial charge in [0.25, 0.3) is 0 Å². The summed E-state index contributed by atoms with van der Waals surface area (Å²) < 4.78 is 1.61. The summed E-state index contributed by atoms with van der Waals surface area (Å²) in [5.74, 6) is 0.231. The number of aliphatic hydroxyl groups is 1. The lowest BCUT2D eigenvalue weighted by Crippen LogP contribution is -2.05. The summed E-state index contributed by atoms with van der Waals surface area (Å²) in [6.45, 7) is 4.09. The zero-order valence-corrected chi connectivity index (χ0v) is 12.2. The first-order valence-corrected chi connectivity index (χ1v) is 7.04. The van der Waals surface area contributed by atoms with Crippen LogP contribution in [0.25, 0.3) is 0 Å². The van der Waals surface area contributed by atoms with Gasteiger partial charge in [-0.25, -0.2) is 0 Å². The van der Waals surface area contributed by atoms with Gasteiger partial charge in [0.1, 0.15) is 5.15 Å². The van der Waals surface area contributed by atoms with Crippen molar-refractivity contribution in [3.05, 3.63) is 33.0 Å². The van der Waals surface area contributed by atoms with Gasteiger partial charge in [-0.2, -0.15) is 5.10 Å². The molecule has 0 aromatic carbocycles. The monoisotopic (exact) mass is 285 g/mol. The molecule has 0 spiro atoms. The summed E-state index contributed by atoms with van der Waals surface area (Å²) >= 11 is 7.75. The van der Waals surface area contributed by atoms with Crippen LogP contribution in [-0.2, 0) is 13.5 Å². The summed E-state index contributed by atoms with van der Waals surface area (Å²) in [6.07, 6.45) is 1.66. The number of hydrogen-bond donors (Lipinski definition) is 1. The third-order valence-electron chi connectivity index (χ3n) is 2.80. The van der Waals surface area contributed by atoms with Gasteiger partial charge >= 0.3 is 0 Å². The number of aryl methyl sites for hydroxylation is 1. The number of rotatable bonds is 4. The molecule has 0 fully saturated rings. The molecule has 1 atom stereocenters. The van der Waals surface area contributed by atoms with E-state index in [1.54, 1.807) is 23.4 Å². The summed E-state index contributed by atoms with van der Waals surface area (Å²) in [6, 6.07) is 0. The highest BCUT2D eigenvalue weighted by atomic mass is 35.5.